The summed E-state index contributed by atoms with van der Waals surface area (Å²) in [4.78, 5) is 22.7. The molecule has 0 saturated heterocycles. The van der Waals surface area contributed by atoms with Crippen molar-refractivity contribution in [1.29, 1.82) is 0 Å². The second kappa shape index (κ2) is 7.51. The van der Waals surface area contributed by atoms with Crippen molar-refractivity contribution in [3.05, 3.63) is 65.2 Å². The van der Waals surface area contributed by atoms with Gasteiger partial charge in [0.25, 0.3) is 0 Å². The number of rotatable bonds is 7. The molecule has 0 spiro atoms. The number of amides is 1. The van der Waals surface area contributed by atoms with Crippen LogP contribution >= 0.6 is 0 Å². The predicted octanol–water partition coefficient (Wildman–Crippen LogP) is 2.85. The molecule has 2 aromatic rings. The van der Waals surface area contributed by atoms with Gasteiger partial charge in [0.1, 0.15) is 5.75 Å². The topological polar surface area (TPSA) is 75.6 Å². The van der Waals surface area contributed by atoms with Crippen molar-refractivity contribution in [2.45, 2.75) is 18.9 Å². The van der Waals surface area contributed by atoms with Crippen molar-refractivity contribution in [1.82, 2.24) is 5.32 Å². The molecule has 136 valence electrons. The van der Waals surface area contributed by atoms with Gasteiger partial charge in [-0.15, -0.1) is 0 Å². The van der Waals surface area contributed by atoms with Crippen molar-refractivity contribution in [3.8, 4) is 5.75 Å². The van der Waals surface area contributed by atoms with Crippen molar-refractivity contribution < 1.29 is 28.2 Å². The predicted molar refractivity (Wildman–Crippen MR) is 88.6 cm³/mol. The summed E-state index contributed by atoms with van der Waals surface area (Å²) in [5, 5.41) is 11.4. The third-order valence-corrected chi connectivity index (χ3v) is 4.24. The van der Waals surface area contributed by atoms with Gasteiger partial charge in [0.2, 0.25) is 5.91 Å². The summed E-state index contributed by atoms with van der Waals surface area (Å²) < 4.78 is 32.2. The van der Waals surface area contributed by atoms with Crippen LogP contribution in [-0.4, -0.2) is 23.6 Å². The van der Waals surface area contributed by atoms with Crippen LogP contribution in [0.4, 0.5) is 8.78 Å². The van der Waals surface area contributed by atoms with Gasteiger partial charge < -0.3 is 15.2 Å². The largest absolute Gasteiger partial charge is 0.482 e. The Balaban J connectivity index is 1.54. The monoisotopic (exact) mass is 361 g/mol. The lowest BCUT2D eigenvalue weighted by Gasteiger charge is -2.08. The van der Waals surface area contributed by atoms with Gasteiger partial charge in [-0.2, -0.15) is 0 Å². The summed E-state index contributed by atoms with van der Waals surface area (Å²) in [7, 11) is 0. The SMILES string of the molecule is O=C(O)COc1cccc(CNC(=O)[C@@H]2C[C@@H]2c2cccc(F)c2F)c1. The number of ether oxygens (including phenoxy) is 1. The fraction of sp³-hybridized carbons (Fsp3) is 0.263. The lowest BCUT2D eigenvalue weighted by atomic mass is 10.1. The number of carboxylic acid groups (broad SMARTS) is 1. The van der Waals surface area contributed by atoms with Gasteiger partial charge in [0.05, 0.1) is 0 Å². The first-order chi connectivity index (χ1) is 12.5. The van der Waals surface area contributed by atoms with Crippen molar-refractivity contribution in [2.75, 3.05) is 6.61 Å². The average Bonchev–Trinajstić information content (AvgIpc) is 3.41. The third-order valence-electron chi connectivity index (χ3n) is 4.24. The van der Waals surface area contributed by atoms with Crippen LogP contribution in [0.2, 0.25) is 0 Å². The van der Waals surface area contributed by atoms with E-state index < -0.39 is 24.2 Å². The van der Waals surface area contributed by atoms with Crippen LogP contribution in [0.3, 0.4) is 0 Å². The molecule has 26 heavy (non-hydrogen) atoms. The maximum absolute atomic E-state index is 13.8. The van der Waals surface area contributed by atoms with Crippen LogP contribution in [0, 0.1) is 17.6 Å². The molecule has 5 nitrogen and oxygen atoms in total. The maximum atomic E-state index is 13.8. The quantitative estimate of drug-likeness (QED) is 0.795. The van der Waals surface area contributed by atoms with E-state index in [1.165, 1.54) is 12.1 Å². The van der Waals surface area contributed by atoms with E-state index in [2.05, 4.69) is 5.32 Å². The molecule has 1 amide bonds. The summed E-state index contributed by atoms with van der Waals surface area (Å²) >= 11 is 0. The highest BCUT2D eigenvalue weighted by atomic mass is 19.2. The first-order valence-electron chi connectivity index (χ1n) is 8.11. The minimum absolute atomic E-state index is 0.226. The van der Waals surface area contributed by atoms with E-state index in [4.69, 9.17) is 9.84 Å². The van der Waals surface area contributed by atoms with Crippen molar-refractivity contribution >= 4 is 11.9 Å². The Kier molecular flexibility index (Phi) is 5.16. The van der Waals surface area contributed by atoms with E-state index in [1.807, 2.05) is 0 Å². The first-order valence-corrected chi connectivity index (χ1v) is 8.11. The van der Waals surface area contributed by atoms with Crippen LogP contribution in [-0.2, 0) is 16.1 Å². The number of aliphatic carboxylic acids is 1. The van der Waals surface area contributed by atoms with Gasteiger partial charge in [-0.25, -0.2) is 13.6 Å². The Morgan fingerprint density at radius 1 is 1.19 bits per heavy atom. The summed E-state index contributed by atoms with van der Waals surface area (Å²) in [6.07, 6.45) is 0.480. The summed E-state index contributed by atoms with van der Waals surface area (Å²) in [6, 6.07) is 10.7. The molecular weight excluding hydrogens is 344 g/mol. The lowest BCUT2D eigenvalue weighted by Crippen LogP contribution is -2.25. The first kappa shape index (κ1) is 17.8. The maximum Gasteiger partial charge on any atom is 0.341 e. The van der Waals surface area contributed by atoms with Gasteiger partial charge >= 0.3 is 5.97 Å². The number of carbonyl (C=O) groups excluding carboxylic acids is 1. The highest BCUT2D eigenvalue weighted by Crippen LogP contribution is 2.48. The van der Waals surface area contributed by atoms with Crippen LogP contribution in [0.1, 0.15) is 23.5 Å². The normalized spacial score (nSPS) is 18.2. The molecule has 3 rings (SSSR count). The molecule has 7 heteroatoms. The lowest BCUT2D eigenvalue weighted by molar-refractivity contribution is -0.139. The van der Waals surface area contributed by atoms with E-state index in [-0.39, 0.29) is 29.9 Å². The molecule has 1 saturated carbocycles. The number of carbonyl (C=O) groups is 2. The molecule has 0 aromatic heterocycles. The number of benzene rings is 2. The second-order valence-corrected chi connectivity index (χ2v) is 6.14. The molecule has 0 unspecified atom stereocenters. The standard InChI is InChI=1S/C19H17F2NO4/c20-16-6-2-5-13(18(16)21)14-8-15(14)19(25)22-9-11-3-1-4-12(7-11)26-10-17(23)24/h1-7,14-15H,8-10H2,(H,22,25)(H,23,24)/t14-,15-/m1/s1. The summed E-state index contributed by atoms with van der Waals surface area (Å²) in [5.74, 6) is -3.40. The average molecular weight is 361 g/mol. The van der Waals surface area contributed by atoms with Crippen LogP contribution in [0.15, 0.2) is 42.5 Å². The number of carboxylic acids is 1. The molecule has 0 heterocycles. The highest BCUT2D eigenvalue weighted by Gasteiger charge is 2.45. The third kappa shape index (κ3) is 4.17. The minimum atomic E-state index is -1.08. The smallest absolute Gasteiger partial charge is 0.341 e. The van der Waals surface area contributed by atoms with Crippen LogP contribution < -0.4 is 10.1 Å². The van der Waals surface area contributed by atoms with Crippen LogP contribution in [0.5, 0.6) is 5.75 Å². The molecule has 2 N–H and O–H groups in total. The van der Waals surface area contributed by atoms with E-state index in [1.54, 1.807) is 24.3 Å². The number of nitrogens with one attached hydrogen (secondary N) is 1. The molecule has 1 aliphatic rings. The zero-order chi connectivity index (χ0) is 18.7. The van der Waals surface area contributed by atoms with Gasteiger partial charge in [-0.3, -0.25) is 4.79 Å². The Labute approximate surface area is 148 Å². The Bertz CT molecular complexity index is 840. The molecule has 1 fully saturated rings. The molecule has 2 atom stereocenters. The van der Waals surface area contributed by atoms with Gasteiger partial charge in [-0.1, -0.05) is 24.3 Å². The Morgan fingerprint density at radius 3 is 2.73 bits per heavy atom. The number of hydrogen-bond donors (Lipinski definition) is 2. The van der Waals surface area contributed by atoms with Crippen molar-refractivity contribution in [3.63, 3.8) is 0 Å². The summed E-state index contributed by atoms with van der Waals surface area (Å²) in [5.41, 5.74) is 0.976. The van der Waals surface area contributed by atoms with E-state index in [0.717, 1.165) is 11.6 Å². The fourth-order valence-corrected chi connectivity index (χ4v) is 2.85. The molecule has 2 aromatic carbocycles. The molecule has 0 bridgehead atoms. The highest BCUT2D eigenvalue weighted by molar-refractivity contribution is 5.82. The van der Waals surface area contributed by atoms with Crippen molar-refractivity contribution in [2.24, 2.45) is 5.92 Å². The van der Waals surface area contributed by atoms with E-state index >= 15 is 0 Å². The summed E-state index contributed by atoms with van der Waals surface area (Å²) in [6.45, 7) is -0.212. The Hall–Kier alpha value is -2.96. The fourth-order valence-electron chi connectivity index (χ4n) is 2.85. The molecule has 1 aliphatic carbocycles. The zero-order valence-corrected chi connectivity index (χ0v) is 13.7. The van der Waals surface area contributed by atoms with E-state index in [9.17, 15) is 18.4 Å². The molecule has 0 aliphatic heterocycles. The molecule has 0 radical (unpaired) electrons. The van der Waals surface area contributed by atoms with E-state index in [0.29, 0.717) is 12.2 Å². The second-order valence-electron chi connectivity index (χ2n) is 6.14. The van der Waals surface area contributed by atoms with Gasteiger partial charge in [0, 0.05) is 12.5 Å². The number of hydrogen-bond acceptors (Lipinski definition) is 3. The zero-order valence-electron chi connectivity index (χ0n) is 13.7. The van der Waals surface area contributed by atoms with Gasteiger partial charge in [-0.05, 0) is 41.7 Å². The minimum Gasteiger partial charge on any atom is -0.482 e. The Morgan fingerprint density at radius 2 is 1.96 bits per heavy atom. The number of halogens is 2. The van der Waals surface area contributed by atoms with Gasteiger partial charge in [0.15, 0.2) is 18.2 Å². The molecular formula is C19H17F2NO4. The van der Waals surface area contributed by atoms with Crippen LogP contribution in [0.25, 0.3) is 0 Å².